The van der Waals surface area contributed by atoms with Gasteiger partial charge in [-0.25, -0.2) is 0 Å². The summed E-state index contributed by atoms with van der Waals surface area (Å²) in [6, 6.07) is 8.18. The molecular weight excluding hydrogens is 242 g/mol. The van der Waals surface area contributed by atoms with Crippen LogP contribution in [0, 0.1) is 0 Å². The van der Waals surface area contributed by atoms with Crippen molar-refractivity contribution in [3.05, 3.63) is 35.4 Å². The van der Waals surface area contributed by atoms with Gasteiger partial charge < -0.3 is 16.0 Å². The standard InChI is InChI=1S/C14H19N3O2/c15-8-13(18)16-9-14(19)17-7-3-6-11-4-1-2-5-12(11)10-17/h1-2,4-5H,3,6-10,15H2,(H,16,18). The van der Waals surface area contributed by atoms with Gasteiger partial charge in [0.1, 0.15) is 0 Å². The molecule has 5 nitrogen and oxygen atoms in total. The van der Waals surface area contributed by atoms with Crippen molar-refractivity contribution in [3.63, 3.8) is 0 Å². The largest absolute Gasteiger partial charge is 0.346 e. The molecule has 3 N–H and O–H groups in total. The molecule has 1 aromatic rings. The molecule has 0 spiro atoms. The molecule has 0 saturated carbocycles. The van der Waals surface area contributed by atoms with E-state index in [1.165, 1.54) is 11.1 Å². The first-order valence-corrected chi connectivity index (χ1v) is 6.52. The number of aryl methyl sites for hydroxylation is 1. The van der Waals surface area contributed by atoms with Gasteiger partial charge in [0.2, 0.25) is 11.8 Å². The Balaban J connectivity index is 1.98. The average molecular weight is 261 g/mol. The normalized spacial score (nSPS) is 14.5. The number of fused-ring (bicyclic) bond motifs is 1. The van der Waals surface area contributed by atoms with E-state index in [4.69, 9.17) is 5.73 Å². The molecule has 2 rings (SSSR count). The Hall–Kier alpha value is -1.88. The van der Waals surface area contributed by atoms with Crippen molar-refractivity contribution in [2.75, 3.05) is 19.6 Å². The van der Waals surface area contributed by atoms with Crippen LogP contribution in [-0.2, 0) is 22.6 Å². The smallest absolute Gasteiger partial charge is 0.242 e. The summed E-state index contributed by atoms with van der Waals surface area (Å²) in [5.41, 5.74) is 7.69. The first-order valence-electron chi connectivity index (χ1n) is 6.52. The van der Waals surface area contributed by atoms with Crippen molar-refractivity contribution < 1.29 is 9.59 Å². The Bertz CT molecular complexity index is 474. The molecule has 0 aliphatic carbocycles. The fraction of sp³-hybridized carbons (Fsp3) is 0.429. The summed E-state index contributed by atoms with van der Waals surface area (Å²) < 4.78 is 0. The number of rotatable bonds is 3. The molecule has 0 saturated heterocycles. The molecule has 0 fully saturated rings. The molecule has 5 heteroatoms. The summed E-state index contributed by atoms with van der Waals surface area (Å²) >= 11 is 0. The Morgan fingerprint density at radius 2 is 2.00 bits per heavy atom. The highest BCUT2D eigenvalue weighted by Gasteiger charge is 2.18. The predicted octanol–water partition coefficient (Wildman–Crippen LogP) is 0.0363. The third kappa shape index (κ3) is 3.54. The van der Waals surface area contributed by atoms with E-state index in [0.717, 1.165) is 19.4 Å². The molecule has 1 aliphatic rings. The summed E-state index contributed by atoms with van der Waals surface area (Å²) in [7, 11) is 0. The van der Waals surface area contributed by atoms with E-state index in [0.29, 0.717) is 6.54 Å². The summed E-state index contributed by atoms with van der Waals surface area (Å²) in [4.78, 5) is 24.9. The van der Waals surface area contributed by atoms with Crippen LogP contribution in [0.3, 0.4) is 0 Å². The molecule has 0 bridgehead atoms. The number of hydrogen-bond acceptors (Lipinski definition) is 3. The molecule has 1 aromatic carbocycles. The van der Waals surface area contributed by atoms with Gasteiger partial charge >= 0.3 is 0 Å². The highest BCUT2D eigenvalue weighted by Crippen LogP contribution is 2.18. The van der Waals surface area contributed by atoms with Gasteiger partial charge in [-0.1, -0.05) is 24.3 Å². The van der Waals surface area contributed by atoms with Crippen molar-refractivity contribution in [3.8, 4) is 0 Å². The molecule has 0 unspecified atom stereocenters. The molecule has 0 atom stereocenters. The minimum absolute atomic E-state index is 0.0260. The number of benzene rings is 1. The number of hydrogen-bond donors (Lipinski definition) is 2. The lowest BCUT2D eigenvalue weighted by atomic mass is 10.0. The van der Waals surface area contributed by atoms with Crippen LogP contribution in [0.25, 0.3) is 0 Å². The molecule has 0 aromatic heterocycles. The number of carbonyl (C=O) groups excluding carboxylic acids is 2. The summed E-state index contributed by atoms with van der Waals surface area (Å²) in [6.45, 7) is 1.29. The summed E-state index contributed by atoms with van der Waals surface area (Å²) in [5.74, 6) is -0.359. The van der Waals surface area contributed by atoms with Crippen LogP contribution < -0.4 is 11.1 Å². The van der Waals surface area contributed by atoms with Crippen LogP contribution >= 0.6 is 0 Å². The number of nitrogens with one attached hydrogen (secondary N) is 1. The van der Waals surface area contributed by atoms with Gasteiger partial charge in [-0.15, -0.1) is 0 Å². The second kappa shape index (κ2) is 6.33. The first kappa shape index (κ1) is 13.5. The van der Waals surface area contributed by atoms with Crippen LogP contribution in [0.2, 0.25) is 0 Å². The minimum atomic E-state index is -0.302. The Morgan fingerprint density at radius 1 is 1.26 bits per heavy atom. The third-order valence-electron chi connectivity index (χ3n) is 3.33. The monoisotopic (exact) mass is 261 g/mol. The third-order valence-corrected chi connectivity index (χ3v) is 3.33. The number of carbonyl (C=O) groups is 2. The van der Waals surface area contributed by atoms with Gasteiger partial charge in [0.25, 0.3) is 0 Å². The quantitative estimate of drug-likeness (QED) is 0.806. The zero-order valence-electron chi connectivity index (χ0n) is 10.9. The SMILES string of the molecule is NCC(=O)NCC(=O)N1CCCc2ccccc2C1. The zero-order valence-corrected chi connectivity index (χ0v) is 10.9. The lowest BCUT2D eigenvalue weighted by molar-refractivity contribution is -0.133. The fourth-order valence-corrected chi connectivity index (χ4v) is 2.27. The van der Waals surface area contributed by atoms with Gasteiger partial charge in [-0.2, -0.15) is 0 Å². The van der Waals surface area contributed by atoms with Gasteiger partial charge in [-0.3, -0.25) is 9.59 Å². The van der Waals surface area contributed by atoms with Crippen molar-refractivity contribution in [2.45, 2.75) is 19.4 Å². The van der Waals surface area contributed by atoms with Crippen LogP contribution in [-0.4, -0.2) is 36.3 Å². The Morgan fingerprint density at radius 3 is 2.74 bits per heavy atom. The number of nitrogens with zero attached hydrogens (tertiary/aromatic N) is 1. The topological polar surface area (TPSA) is 75.4 Å². The van der Waals surface area contributed by atoms with Crippen LogP contribution in [0.5, 0.6) is 0 Å². The van der Waals surface area contributed by atoms with Crippen LogP contribution in [0.4, 0.5) is 0 Å². The van der Waals surface area contributed by atoms with E-state index in [-0.39, 0.29) is 24.9 Å². The first-order chi connectivity index (χ1) is 9.20. The van der Waals surface area contributed by atoms with E-state index < -0.39 is 0 Å². The van der Waals surface area contributed by atoms with E-state index in [9.17, 15) is 9.59 Å². The lowest BCUT2D eigenvalue weighted by Gasteiger charge is -2.21. The van der Waals surface area contributed by atoms with Crippen molar-refractivity contribution in [1.82, 2.24) is 10.2 Å². The second-order valence-electron chi connectivity index (χ2n) is 4.67. The second-order valence-corrected chi connectivity index (χ2v) is 4.67. The van der Waals surface area contributed by atoms with E-state index >= 15 is 0 Å². The van der Waals surface area contributed by atoms with E-state index in [1.807, 2.05) is 12.1 Å². The molecule has 2 amide bonds. The molecular formula is C14H19N3O2. The van der Waals surface area contributed by atoms with Crippen molar-refractivity contribution in [1.29, 1.82) is 0 Å². The van der Waals surface area contributed by atoms with Gasteiger partial charge in [0.05, 0.1) is 13.1 Å². The van der Waals surface area contributed by atoms with E-state index in [1.54, 1.807) is 4.90 Å². The van der Waals surface area contributed by atoms with Gasteiger partial charge in [0, 0.05) is 13.1 Å². The van der Waals surface area contributed by atoms with Gasteiger partial charge in [-0.05, 0) is 24.0 Å². The maximum atomic E-state index is 12.1. The molecule has 102 valence electrons. The molecule has 0 radical (unpaired) electrons. The maximum absolute atomic E-state index is 12.1. The Kier molecular flexibility index (Phi) is 4.52. The minimum Gasteiger partial charge on any atom is -0.346 e. The van der Waals surface area contributed by atoms with Crippen molar-refractivity contribution >= 4 is 11.8 Å². The number of amides is 2. The van der Waals surface area contributed by atoms with Crippen molar-refractivity contribution in [2.24, 2.45) is 5.73 Å². The predicted molar refractivity (Wildman–Crippen MR) is 72.2 cm³/mol. The van der Waals surface area contributed by atoms with Crippen LogP contribution in [0.1, 0.15) is 17.5 Å². The van der Waals surface area contributed by atoms with E-state index in [2.05, 4.69) is 17.4 Å². The average Bonchev–Trinajstić information content (AvgIpc) is 2.66. The zero-order chi connectivity index (χ0) is 13.7. The summed E-state index contributed by atoms with van der Waals surface area (Å²) in [5, 5.41) is 2.52. The highest BCUT2D eigenvalue weighted by molar-refractivity contribution is 5.85. The van der Waals surface area contributed by atoms with Gasteiger partial charge in [0.15, 0.2) is 0 Å². The summed E-state index contributed by atoms with van der Waals surface area (Å²) in [6.07, 6.45) is 1.95. The highest BCUT2D eigenvalue weighted by atomic mass is 16.2. The number of nitrogens with two attached hydrogens (primary N) is 1. The lowest BCUT2D eigenvalue weighted by Crippen LogP contribution is -2.41. The molecule has 19 heavy (non-hydrogen) atoms. The van der Waals surface area contributed by atoms with Crippen LogP contribution in [0.15, 0.2) is 24.3 Å². The maximum Gasteiger partial charge on any atom is 0.242 e. The molecule has 1 aliphatic heterocycles. The fourth-order valence-electron chi connectivity index (χ4n) is 2.27. The molecule has 1 heterocycles. The Labute approximate surface area is 112 Å².